The highest BCUT2D eigenvalue weighted by Gasteiger charge is 2.23. The lowest BCUT2D eigenvalue weighted by atomic mass is 10.1. The van der Waals surface area contributed by atoms with Crippen molar-refractivity contribution in [1.29, 1.82) is 0 Å². The number of carbonyl (C=O) groups excluding carboxylic acids is 2. The molecule has 0 aliphatic carbocycles. The van der Waals surface area contributed by atoms with Gasteiger partial charge in [0.15, 0.2) is 11.0 Å². The van der Waals surface area contributed by atoms with Crippen LogP contribution in [0.4, 0.5) is 5.69 Å². The van der Waals surface area contributed by atoms with Crippen molar-refractivity contribution in [3.63, 3.8) is 0 Å². The lowest BCUT2D eigenvalue weighted by Gasteiger charge is -2.17. The molecule has 0 bridgehead atoms. The quantitative estimate of drug-likeness (QED) is 0.261. The smallest absolute Gasteiger partial charge is 0.251 e. The number of ether oxygens (including phenoxy) is 1. The van der Waals surface area contributed by atoms with Gasteiger partial charge in [-0.2, -0.15) is 0 Å². The van der Waals surface area contributed by atoms with Crippen LogP contribution in [0.15, 0.2) is 66.3 Å². The minimum atomic E-state index is -0.794. The van der Waals surface area contributed by atoms with Gasteiger partial charge < -0.3 is 25.0 Å². The molecule has 184 valence electrons. The predicted octanol–water partition coefficient (Wildman–Crippen LogP) is 3.23. The lowest BCUT2D eigenvalue weighted by Crippen LogP contribution is -2.33. The molecule has 2 amide bonds. The number of aromatic nitrogens is 3. The monoisotopic (exact) mass is 495 g/mol. The van der Waals surface area contributed by atoms with E-state index in [1.165, 1.54) is 17.3 Å². The molecule has 0 saturated carbocycles. The van der Waals surface area contributed by atoms with E-state index in [0.29, 0.717) is 28.8 Å². The molecule has 1 aromatic heterocycles. The van der Waals surface area contributed by atoms with Crippen LogP contribution < -0.4 is 15.4 Å². The van der Waals surface area contributed by atoms with E-state index in [1.54, 1.807) is 42.0 Å². The van der Waals surface area contributed by atoms with Gasteiger partial charge in [-0.3, -0.25) is 9.59 Å². The number of amides is 2. The van der Waals surface area contributed by atoms with Crippen molar-refractivity contribution in [2.45, 2.75) is 31.1 Å². The fraction of sp³-hybridized carbons (Fsp3) is 0.280. The number of methoxy groups -OCH3 is 1. The first-order valence-electron chi connectivity index (χ1n) is 11.1. The van der Waals surface area contributed by atoms with Crippen molar-refractivity contribution in [2.24, 2.45) is 0 Å². The molecule has 0 aliphatic heterocycles. The molecular weight excluding hydrogens is 466 g/mol. The number of rotatable bonds is 12. The van der Waals surface area contributed by atoms with Crippen molar-refractivity contribution in [2.75, 3.05) is 24.8 Å². The number of aliphatic hydroxyl groups is 1. The summed E-state index contributed by atoms with van der Waals surface area (Å²) >= 11 is 1.21. The Bertz CT molecular complexity index is 1150. The molecule has 2 aromatic carbocycles. The van der Waals surface area contributed by atoms with Gasteiger partial charge in [-0.15, -0.1) is 16.8 Å². The zero-order valence-corrected chi connectivity index (χ0v) is 20.5. The van der Waals surface area contributed by atoms with Gasteiger partial charge in [-0.25, -0.2) is 0 Å². The summed E-state index contributed by atoms with van der Waals surface area (Å²) in [5.74, 6) is 0.567. The summed E-state index contributed by atoms with van der Waals surface area (Å²) < 4.78 is 6.83. The number of aryl methyl sites for hydroxylation is 1. The van der Waals surface area contributed by atoms with Gasteiger partial charge in [-0.1, -0.05) is 36.9 Å². The largest absolute Gasteiger partial charge is 0.497 e. The average molecular weight is 496 g/mol. The van der Waals surface area contributed by atoms with E-state index in [9.17, 15) is 14.7 Å². The van der Waals surface area contributed by atoms with Crippen molar-refractivity contribution in [3.8, 4) is 5.75 Å². The van der Waals surface area contributed by atoms with E-state index in [2.05, 4.69) is 34.3 Å². The molecule has 9 nitrogen and oxygen atoms in total. The SMILES string of the molecule is C=CCn1c(SCC(=O)Nc2ccc(CC)cc2)nnc1C(CO)NC(=O)c1ccc(OC)cc1. The summed E-state index contributed by atoms with van der Waals surface area (Å²) in [6.07, 6.45) is 2.59. The number of thioether (sulfide) groups is 1. The molecule has 3 rings (SSSR count). The van der Waals surface area contributed by atoms with Crippen LogP contribution >= 0.6 is 11.8 Å². The van der Waals surface area contributed by atoms with Gasteiger partial charge in [0.25, 0.3) is 5.91 Å². The average Bonchev–Trinajstić information content (AvgIpc) is 3.28. The van der Waals surface area contributed by atoms with Gasteiger partial charge in [-0.05, 0) is 48.4 Å². The van der Waals surface area contributed by atoms with Crippen LogP contribution in [0, 0.1) is 0 Å². The number of carbonyl (C=O) groups is 2. The molecule has 3 aromatic rings. The van der Waals surface area contributed by atoms with E-state index in [-0.39, 0.29) is 24.2 Å². The molecule has 1 atom stereocenters. The first kappa shape index (κ1) is 26.0. The fourth-order valence-corrected chi connectivity index (χ4v) is 4.05. The normalized spacial score (nSPS) is 11.5. The van der Waals surface area contributed by atoms with Crippen LogP contribution in [-0.2, 0) is 17.8 Å². The Balaban J connectivity index is 1.67. The second kappa shape index (κ2) is 12.7. The van der Waals surface area contributed by atoms with Crippen LogP contribution in [0.5, 0.6) is 5.75 Å². The Labute approximate surface area is 208 Å². The third-order valence-corrected chi connectivity index (χ3v) is 6.15. The topological polar surface area (TPSA) is 118 Å². The molecule has 0 spiro atoms. The first-order valence-corrected chi connectivity index (χ1v) is 12.1. The second-order valence-electron chi connectivity index (χ2n) is 7.56. The van der Waals surface area contributed by atoms with Gasteiger partial charge in [0.1, 0.15) is 11.8 Å². The standard InChI is InChI=1S/C25H29N5O4S/c1-4-14-30-23(21(15-31)27-24(33)18-8-12-20(34-3)13-9-18)28-29-25(30)35-16-22(32)26-19-10-6-17(5-2)7-11-19/h4,6-13,21,31H,1,5,14-16H2,2-3H3,(H,26,32)(H,27,33). The van der Waals surface area contributed by atoms with E-state index >= 15 is 0 Å². The minimum absolute atomic E-state index is 0.118. The fourth-order valence-electron chi connectivity index (χ4n) is 3.29. The summed E-state index contributed by atoms with van der Waals surface area (Å²) in [7, 11) is 1.55. The Morgan fingerprint density at radius 1 is 1.17 bits per heavy atom. The number of nitrogens with zero attached hydrogens (tertiary/aromatic N) is 3. The number of hydrogen-bond acceptors (Lipinski definition) is 7. The Morgan fingerprint density at radius 3 is 2.49 bits per heavy atom. The van der Waals surface area contributed by atoms with Crippen LogP contribution in [0.2, 0.25) is 0 Å². The molecule has 3 N–H and O–H groups in total. The van der Waals surface area contributed by atoms with Crippen LogP contribution in [0.3, 0.4) is 0 Å². The van der Waals surface area contributed by atoms with Crippen LogP contribution in [0.1, 0.15) is 34.7 Å². The van der Waals surface area contributed by atoms with Gasteiger partial charge >= 0.3 is 0 Å². The summed E-state index contributed by atoms with van der Waals surface area (Å²) in [5.41, 5.74) is 2.33. The molecule has 1 unspecified atom stereocenters. The molecule has 0 fully saturated rings. The molecular formula is C25H29N5O4S. The number of nitrogens with one attached hydrogen (secondary N) is 2. The van der Waals surface area contributed by atoms with Crippen molar-refractivity contribution in [3.05, 3.63) is 78.1 Å². The maximum absolute atomic E-state index is 12.7. The Hall–Kier alpha value is -3.63. The number of benzene rings is 2. The van der Waals surface area contributed by atoms with Gasteiger partial charge in [0.2, 0.25) is 5.91 Å². The predicted molar refractivity (Wildman–Crippen MR) is 136 cm³/mol. The molecule has 0 aliphatic rings. The second-order valence-corrected chi connectivity index (χ2v) is 8.51. The van der Waals surface area contributed by atoms with E-state index in [4.69, 9.17) is 4.74 Å². The van der Waals surface area contributed by atoms with E-state index < -0.39 is 6.04 Å². The lowest BCUT2D eigenvalue weighted by molar-refractivity contribution is -0.113. The van der Waals surface area contributed by atoms with Crippen molar-refractivity contribution < 1.29 is 19.4 Å². The Kier molecular flexibility index (Phi) is 9.45. The van der Waals surface area contributed by atoms with Gasteiger partial charge in [0.05, 0.1) is 19.5 Å². The highest BCUT2D eigenvalue weighted by Crippen LogP contribution is 2.22. The molecule has 35 heavy (non-hydrogen) atoms. The third kappa shape index (κ3) is 6.93. The zero-order chi connectivity index (χ0) is 25.2. The third-order valence-electron chi connectivity index (χ3n) is 5.19. The molecule has 1 heterocycles. The van der Waals surface area contributed by atoms with Gasteiger partial charge in [0, 0.05) is 17.8 Å². The highest BCUT2D eigenvalue weighted by atomic mass is 32.2. The summed E-state index contributed by atoms with van der Waals surface area (Å²) in [6.45, 7) is 5.81. The highest BCUT2D eigenvalue weighted by molar-refractivity contribution is 7.99. The minimum Gasteiger partial charge on any atom is -0.497 e. The van der Waals surface area contributed by atoms with Crippen molar-refractivity contribution in [1.82, 2.24) is 20.1 Å². The molecule has 0 radical (unpaired) electrons. The van der Waals surface area contributed by atoms with E-state index in [1.807, 2.05) is 24.3 Å². The van der Waals surface area contributed by atoms with E-state index in [0.717, 1.165) is 12.1 Å². The number of anilines is 1. The number of allylic oxidation sites excluding steroid dienone is 1. The van der Waals surface area contributed by atoms with Crippen molar-refractivity contribution >= 4 is 29.3 Å². The summed E-state index contributed by atoms with van der Waals surface area (Å²) in [5, 5.41) is 24.4. The summed E-state index contributed by atoms with van der Waals surface area (Å²) in [6, 6.07) is 13.5. The van der Waals surface area contributed by atoms with Crippen LogP contribution in [-0.4, -0.2) is 51.2 Å². The zero-order valence-electron chi connectivity index (χ0n) is 19.7. The number of hydrogen-bond donors (Lipinski definition) is 3. The maximum atomic E-state index is 12.7. The molecule has 10 heteroatoms. The molecule has 0 saturated heterocycles. The number of aliphatic hydroxyl groups excluding tert-OH is 1. The summed E-state index contributed by atoms with van der Waals surface area (Å²) in [4.78, 5) is 25.1. The first-order chi connectivity index (χ1) is 17.0. The maximum Gasteiger partial charge on any atom is 0.251 e. The van der Waals surface area contributed by atoms with Crippen LogP contribution in [0.25, 0.3) is 0 Å². The Morgan fingerprint density at radius 2 is 1.89 bits per heavy atom.